The van der Waals surface area contributed by atoms with E-state index < -0.39 is 34.2 Å². The summed E-state index contributed by atoms with van der Waals surface area (Å²) in [4.78, 5) is 33.8. The third kappa shape index (κ3) is 11.9. The molecule has 1 fully saturated rings. The average Bonchev–Trinajstić information content (AvgIpc) is 3.29. The van der Waals surface area contributed by atoms with Crippen molar-refractivity contribution in [2.24, 2.45) is 22.9 Å². The molecule has 14 heteroatoms. The number of aryl methyl sites for hydroxylation is 2. The Morgan fingerprint density at radius 2 is 1.67 bits per heavy atom. The molecule has 0 spiro atoms. The van der Waals surface area contributed by atoms with Crippen LogP contribution in [0.5, 0.6) is 17.2 Å². The Balaban J connectivity index is 1.59. The number of rotatable bonds is 23. The van der Waals surface area contributed by atoms with E-state index in [1.807, 2.05) is 51.1 Å². The second-order valence-electron chi connectivity index (χ2n) is 18.4. The number of aliphatic hydroxyl groups is 3. The van der Waals surface area contributed by atoms with Gasteiger partial charge < -0.3 is 44.0 Å². The van der Waals surface area contributed by atoms with Crippen molar-refractivity contribution in [2.75, 3.05) is 46.2 Å². The third-order valence-corrected chi connectivity index (χ3v) is 12.7. The molecule has 66 heavy (non-hydrogen) atoms. The van der Waals surface area contributed by atoms with Crippen LogP contribution in [-0.4, -0.2) is 100 Å². The van der Waals surface area contributed by atoms with E-state index in [1.165, 1.54) is 18.2 Å². The normalized spacial score (nSPS) is 22.8. The Labute approximate surface area is 388 Å². The Bertz CT molecular complexity index is 2230. The van der Waals surface area contributed by atoms with Crippen LogP contribution in [0, 0.1) is 41.7 Å². The number of nitro groups is 1. The molecule has 3 aromatic carbocycles. The van der Waals surface area contributed by atoms with Gasteiger partial charge in [-0.3, -0.25) is 14.9 Å². The fourth-order valence-corrected chi connectivity index (χ4v) is 9.54. The van der Waals surface area contributed by atoms with Crippen molar-refractivity contribution >= 4 is 23.4 Å². The molecule has 6 unspecified atom stereocenters. The Morgan fingerprint density at radius 3 is 2.33 bits per heavy atom. The van der Waals surface area contributed by atoms with E-state index in [9.17, 15) is 30.2 Å². The highest BCUT2D eigenvalue weighted by Crippen LogP contribution is 2.62. The topological polar surface area (TPSA) is 183 Å². The maximum absolute atomic E-state index is 14.9. The molecule has 0 radical (unpaired) electrons. The molecular weight excluding hydrogens is 843 g/mol. The summed E-state index contributed by atoms with van der Waals surface area (Å²) < 4.78 is 26.9. The van der Waals surface area contributed by atoms with Gasteiger partial charge in [-0.2, -0.15) is 0 Å². The second-order valence-corrected chi connectivity index (χ2v) is 18.4. The minimum atomic E-state index is -1.52. The number of carbonyl (C=O) groups excluding carboxylic acids is 1. The molecule has 2 aliphatic carbocycles. The number of unbranched alkanes of at least 4 members (excludes halogenated alkanes) is 2. The predicted octanol–water partition coefficient (Wildman–Crippen LogP) is 8.99. The monoisotopic (exact) mass is 909 g/mol. The number of nitro benzene ring substituents is 1. The van der Waals surface area contributed by atoms with Gasteiger partial charge in [0.25, 0.3) is 5.69 Å². The fourth-order valence-electron chi connectivity index (χ4n) is 9.54. The standard InChI is InChI=1S/C52H67N3O11/c1-7-28-63-52-47(54(24-29-62-30-27-58)48(59)23-17-37-15-18-39(19-16-37)55(60)61)34-45(53-66-51(4,5)6)43-32-38(12-8-10-25-56)42(13-9-11-26-57)49(50(43)52)44-33-41(21-22-46(44)65-52)64-40-20-14-35(2)36(3)31-40/h7,14-23,31-33,38,42,47,49-50,56-58H,1,8-13,24-30,34H2,2-6H3. The molecule has 1 aliphatic heterocycles. The molecule has 0 saturated heterocycles. The molecule has 1 saturated carbocycles. The zero-order valence-electron chi connectivity index (χ0n) is 39.0. The number of amides is 1. The summed E-state index contributed by atoms with van der Waals surface area (Å²) in [6.45, 7) is 14.2. The Kier molecular flexibility index (Phi) is 17.4. The molecule has 14 nitrogen and oxygen atoms in total. The Hall–Kier alpha value is -5.38. The summed E-state index contributed by atoms with van der Waals surface area (Å²) in [6.07, 6.45) is 11.6. The summed E-state index contributed by atoms with van der Waals surface area (Å²) in [7, 11) is 0. The van der Waals surface area contributed by atoms with E-state index in [0.29, 0.717) is 41.4 Å². The van der Waals surface area contributed by atoms with Crippen LogP contribution in [0.2, 0.25) is 0 Å². The van der Waals surface area contributed by atoms with Crippen molar-refractivity contribution in [3.05, 3.63) is 123 Å². The molecule has 0 bridgehead atoms. The highest BCUT2D eigenvalue weighted by Gasteiger charge is 2.65. The Morgan fingerprint density at radius 1 is 0.955 bits per heavy atom. The van der Waals surface area contributed by atoms with Crippen molar-refractivity contribution in [2.45, 2.75) is 103 Å². The number of oxime groups is 1. The maximum Gasteiger partial charge on any atom is 0.269 e. The molecule has 6 rings (SSSR count). The van der Waals surface area contributed by atoms with Crippen LogP contribution in [0.1, 0.15) is 93.9 Å². The minimum absolute atomic E-state index is 0.00201. The lowest BCUT2D eigenvalue weighted by molar-refractivity contribution is -0.384. The number of ether oxygens (including phenoxy) is 4. The first-order chi connectivity index (χ1) is 31.7. The van der Waals surface area contributed by atoms with E-state index in [0.717, 1.165) is 47.9 Å². The number of carbonyl (C=O) groups is 1. The molecule has 1 heterocycles. The molecule has 3 N–H and O–H groups in total. The van der Waals surface area contributed by atoms with E-state index in [4.69, 9.17) is 28.9 Å². The first-order valence-corrected chi connectivity index (χ1v) is 23.2. The van der Waals surface area contributed by atoms with Crippen LogP contribution in [-0.2, 0) is 19.1 Å². The zero-order valence-corrected chi connectivity index (χ0v) is 39.0. The maximum atomic E-state index is 14.9. The van der Waals surface area contributed by atoms with E-state index in [1.54, 1.807) is 29.2 Å². The summed E-state index contributed by atoms with van der Waals surface area (Å²) in [5, 5.41) is 45.9. The SMILES string of the molecule is C=CCOC12Oc3ccc(Oc4ccc(C)c(C)c4)cc3C3C(CCCCO)C(CCCCO)C=C(C(=NOC(C)(C)C)CC1N(CCOCCO)C(=O)C=Cc1ccc([N+](=O)[O-])cc1)C32. The van der Waals surface area contributed by atoms with Crippen molar-refractivity contribution < 1.29 is 48.8 Å². The van der Waals surface area contributed by atoms with Crippen molar-refractivity contribution in [3.63, 3.8) is 0 Å². The lowest BCUT2D eigenvalue weighted by Gasteiger charge is -2.60. The number of benzene rings is 3. The number of nitrogens with zero attached hydrogens (tertiary/aromatic N) is 3. The zero-order chi connectivity index (χ0) is 47.4. The minimum Gasteiger partial charge on any atom is -0.459 e. The van der Waals surface area contributed by atoms with Crippen molar-refractivity contribution in [1.82, 2.24) is 4.90 Å². The first kappa shape index (κ1) is 50.0. The van der Waals surface area contributed by atoms with Gasteiger partial charge >= 0.3 is 0 Å². The molecule has 356 valence electrons. The van der Waals surface area contributed by atoms with Crippen LogP contribution >= 0.6 is 0 Å². The van der Waals surface area contributed by atoms with Gasteiger partial charge in [-0.05, 0) is 143 Å². The number of non-ortho nitro benzene ring substituents is 1. The summed E-state index contributed by atoms with van der Waals surface area (Å²) in [6, 6.07) is 17.0. The summed E-state index contributed by atoms with van der Waals surface area (Å²) in [5.41, 5.74) is 4.59. The summed E-state index contributed by atoms with van der Waals surface area (Å²) >= 11 is 0. The van der Waals surface area contributed by atoms with Crippen LogP contribution in [0.25, 0.3) is 6.08 Å². The van der Waals surface area contributed by atoms with Gasteiger partial charge in [-0.25, -0.2) is 0 Å². The van der Waals surface area contributed by atoms with Gasteiger partial charge in [-0.15, -0.1) is 6.58 Å². The van der Waals surface area contributed by atoms with Gasteiger partial charge in [0, 0.05) is 55.9 Å². The smallest absolute Gasteiger partial charge is 0.269 e. The predicted molar refractivity (Wildman–Crippen MR) is 254 cm³/mol. The summed E-state index contributed by atoms with van der Waals surface area (Å²) in [5.74, 6) is -0.795. The van der Waals surface area contributed by atoms with E-state index in [-0.39, 0.29) is 76.0 Å². The van der Waals surface area contributed by atoms with Gasteiger partial charge in [0.15, 0.2) is 0 Å². The third-order valence-electron chi connectivity index (χ3n) is 12.7. The first-order valence-electron chi connectivity index (χ1n) is 23.2. The lowest BCUT2D eigenvalue weighted by Crippen LogP contribution is -2.70. The van der Waals surface area contributed by atoms with Gasteiger partial charge in [0.1, 0.15) is 28.9 Å². The number of hydrogen-bond acceptors (Lipinski definition) is 12. The average molecular weight is 910 g/mol. The number of aliphatic hydroxyl groups excluding tert-OH is 3. The molecular formula is C52H67N3O11. The number of allylic oxidation sites excluding steroid dienone is 1. The molecule has 3 aromatic rings. The van der Waals surface area contributed by atoms with Gasteiger partial charge in [-0.1, -0.05) is 36.2 Å². The molecule has 0 aromatic heterocycles. The number of fused-ring (bicyclic) bond motifs is 2. The van der Waals surface area contributed by atoms with Crippen LogP contribution in [0.15, 0.2) is 96.2 Å². The van der Waals surface area contributed by atoms with Crippen molar-refractivity contribution in [3.8, 4) is 17.2 Å². The molecule has 1 amide bonds. The fraction of sp³-hybridized carbons (Fsp3) is 0.500. The van der Waals surface area contributed by atoms with Gasteiger partial charge in [0.05, 0.1) is 43.0 Å². The van der Waals surface area contributed by atoms with Crippen LogP contribution in [0.3, 0.4) is 0 Å². The highest BCUT2D eigenvalue weighted by molar-refractivity contribution is 6.03. The second kappa shape index (κ2) is 22.9. The van der Waals surface area contributed by atoms with Crippen LogP contribution < -0.4 is 9.47 Å². The quantitative estimate of drug-likeness (QED) is 0.0272. The highest BCUT2D eigenvalue weighted by atomic mass is 16.7. The number of hydrogen-bond donors (Lipinski definition) is 3. The van der Waals surface area contributed by atoms with E-state index >= 15 is 0 Å². The van der Waals surface area contributed by atoms with Gasteiger partial charge in [0.2, 0.25) is 11.7 Å². The van der Waals surface area contributed by atoms with E-state index in [2.05, 4.69) is 32.6 Å². The lowest BCUT2D eigenvalue weighted by atomic mass is 9.55. The molecule has 6 atom stereocenters. The largest absolute Gasteiger partial charge is 0.459 e. The molecule has 3 aliphatic rings. The van der Waals surface area contributed by atoms with Crippen molar-refractivity contribution in [1.29, 1.82) is 0 Å². The van der Waals surface area contributed by atoms with Crippen LogP contribution in [0.4, 0.5) is 5.69 Å².